The van der Waals surface area contributed by atoms with Crippen molar-refractivity contribution in [2.75, 3.05) is 13.2 Å². The molecule has 2 atom stereocenters. The minimum atomic E-state index is -0.145. The highest BCUT2D eigenvalue weighted by atomic mass is 16.6. The summed E-state index contributed by atoms with van der Waals surface area (Å²) in [4.78, 5) is 16.6. The van der Waals surface area contributed by atoms with Gasteiger partial charge in [0.1, 0.15) is 18.5 Å². The van der Waals surface area contributed by atoms with Gasteiger partial charge in [0, 0.05) is 17.4 Å². The number of benzene rings is 1. The number of aliphatic imine (C=N–C) groups is 1. The number of fused-ring (bicyclic) bond motifs is 1. The number of nitrogens with one attached hydrogen (secondary N) is 1. The van der Waals surface area contributed by atoms with Crippen LogP contribution in [-0.2, 0) is 4.74 Å². The summed E-state index contributed by atoms with van der Waals surface area (Å²) in [7, 11) is 0. The molecule has 23 heavy (non-hydrogen) atoms. The Kier molecular flexibility index (Phi) is 3.55. The van der Waals surface area contributed by atoms with Gasteiger partial charge < -0.3 is 14.8 Å². The molecule has 116 valence electrons. The number of hydrogen-bond acceptors (Lipinski definition) is 4. The topological polar surface area (TPSA) is 63.2 Å². The van der Waals surface area contributed by atoms with Crippen molar-refractivity contribution < 1.29 is 14.3 Å². The van der Waals surface area contributed by atoms with Crippen LogP contribution >= 0.6 is 0 Å². The third kappa shape index (κ3) is 3.10. The number of hydrogen-bond donors (Lipinski definition) is 1. The second-order valence-corrected chi connectivity index (χ2v) is 5.58. The van der Waals surface area contributed by atoms with Crippen molar-refractivity contribution in [3.8, 4) is 5.75 Å². The second kappa shape index (κ2) is 5.85. The predicted molar refractivity (Wildman–Crippen MR) is 86.7 cm³/mol. The lowest BCUT2D eigenvalue weighted by Gasteiger charge is -2.19. The van der Waals surface area contributed by atoms with E-state index < -0.39 is 0 Å². The zero-order valence-corrected chi connectivity index (χ0v) is 12.4. The Bertz CT molecular complexity index is 740. The van der Waals surface area contributed by atoms with E-state index in [1.807, 2.05) is 24.3 Å². The Labute approximate surface area is 134 Å². The Morgan fingerprint density at radius 3 is 2.91 bits per heavy atom. The molecule has 1 aromatic carbocycles. The van der Waals surface area contributed by atoms with E-state index in [1.54, 1.807) is 30.5 Å². The zero-order chi connectivity index (χ0) is 15.6. The summed E-state index contributed by atoms with van der Waals surface area (Å²) in [5.41, 5.74) is 2.53. The molecule has 5 nitrogen and oxygen atoms in total. The molecule has 2 heterocycles. The van der Waals surface area contributed by atoms with Crippen LogP contribution in [0.3, 0.4) is 0 Å². The standard InChI is InChI=1S/C18H16N2O3/c21-18(20-17-3-1-2-16-15(17)8-9-19-16)12-4-6-13(7-5-12)22-10-14-11-23-14/h1-9,14,17H,10-11H2,(H,20,21). The van der Waals surface area contributed by atoms with Gasteiger partial charge in [0.15, 0.2) is 0 Å². The van der Waals surface area contributed by atoms with Crippen LogP contribution in [0.2, 0.25) is 0 Å². The molecule has 1 saturated heterocycles. The lowest BCUT2D eigenvalue weighted by atomic mass is 9.99. The van der Waals surface area contributed by atoms with Crippen molar-refractivity contribution in [2.45, 2.75) is 12.1 Å². The minimum absolute atomic E-state index is 0.120. The van der Waals surface area contributed by atoms with Gasteiger partial charge >= 0.3 is 0 Å². The molecule has 0 aromatic heterocycles. The number of epoxide rings is 1. The van der Waals surface area contributed by atoms with E-state index in [0.717, 1.165) is 23.6 Å². The van der Waals surface area contributed by atoms with Gasteiger partial charge in [0.25, 0.3) is 5.91 Å². The predicted octanol–water partition coefficient (Wildman–Crippen LogP) is 2.03. The SMILES string of the molecule is O=C(NC1C=CC=C2N=CC=C21)c1ccc(OCC2CO2)cc1. The summed E-state index contributed by atoms with van der Waals surface area (Å²) in [5, 5.41) is 3.01. The van der Waals surface area contributed by atoms with Crippen LogP contribution in [0.1, 0.15) is 10.4 Å². The molecule has 1 amide bonds. The van der Waals surface area contributed by atoms with Gasteiger partial charge in [-0.25, -0.2) is 0 Å². The maximum atomic E-state index is 12.4. The molecule has 1 N–H and O–H groups in total. The Morgan fingerprint density at radius 1 is 1.30 bits per heavy atom. The number of carbonyl (C=O) groups is 1. The van der Waals surface area contributed by atoms with E-state index in [2.05, 4.69) is 10.3 Å². The second-order valence-electron chi connectivity index (χ2n) is 5.58. The summed E-state index contributed by atoms with van der Waals surface area (Å²) in [5.74, 6) is 0.623. The number of allylic oxidation sites excluding steroid dienone is 3. The Balaban J connectivity index is 1.39. The first-order chi connectivity index (χ1) is 11.3. The molecule has 0 saturated carbocycles. The molecule has 2 unspecified atom stereocenters. The molecule has 1 aromatic rings. The molecule has 5 heteroatoms. The van der Waals surface area contributed by atoms with Gasteiger partial charge in [0.05, 0.1) is 18.3 Å². The highest BCUT2D eigenvalue weighted by molar-refractivity contribution is 5.95. The fourth-order valence-electron chi connectivity index (χ4n) is 2.53. The molecular weight excluding hydrogens is 292 g/mol. The average Bonchev–Trinajstić information content (AvgIpc) is 3.28. The summed E-state index contributed by atoms with van der Waals surface area (Å²) < 4.78 is 10.7. The monoisotopic (exact) mass is 308 g/mol. The largest absolute Gasteiger partial charge is 0.491 e. The third-order valence-corrected chi connectivity index (χ3v) is 3.90. The fraction of sp³-hybridized carbons (Fsp3) is 0.222. The van der Waals surface area contributed by atoms with Crippen LogP contribution in [0.15, 0.2) is 64.8 Å². The normalized spacial score (nSPS) is 23.8. The number of amides is 1. The van der Waals surface area contributed by atoms with Gasteiger partial charge in [-0.1, -0.05) is 12.2 Å². The smallest absolute Gasteiger partial charge is 0.252 e. The van der Waals surface area contributed by atoms with Crippen molar-refractivity contribution in [1.29, 1.82) is 0 Å². The Morgan fingerprint density at radius 2 is 2.13 bits per heavy atom. The van der Waals surface area contributed by atoms with Crippen molar-refractivity contribution in [3.63, 3.8) is 0 Å². The van der Waals surface area contributed by atoms with Crippen molar-refractivity contribution in [1.82, 2.24) is 5.32 Å². The summed E-state index contributed by atoms with van der Waals surface area (Å²) in [6, 6.07) is 6.99. The lowest BCUT2D eigenvalue weighted by molar-refractivity contribution is 0.0949. The van der Waals surface area contributed by atoms with E-state index in [9.17, 15) is 4.79 Å². The van der Waals surface area contributed by atoms with Crippen molar-refractivity contribution in [2.24, 2.45) is 4.99 Å². The van der Waals surface area contributed by atoms with E-state index in [4.69, 9.17) is 9.47 Å². The number of ether oxygens (including phenoxy) is 2. The maximum absolute atomic E-state index is 12.4. The third-order valence-electron chi connectivity index (χ3n) is 3.90. The van der Waals surface area contributed by atoms with Crippen LogP contribution in [0.25, 0.3) is 0 Å². The number of carbonyl (C=O) groups excluding carboxylic acids is 1. The molecule has 1 aliphatic carbocycles. The van der Waals surface area contributed by atoms with Crippen LogP contribution in [0.4, 0.5) is 0 Å². The van der Waals surface area contributed by atoms with Crippen LogP contribution in [0, 0.1) is 0 Å². The van der Waals surface area contributed by atoms with E-state index >= 15 is 0 Å². The molecule has 3 aliphatic rings. The molecule has 2 aliphatic heterocycles. The molecule has 0 bridgehead atoms. The molecule has 0 radical (unpaired) electrons. The summed E-state index contributed by atoms with van der Waals surface area (Å²) >= 11 is 0. The van der Waals surface area contributed by atoms with E-state index in [1.165, 1.54) is 0 Å². The van der Waals surface area contributed by atoms with Crippen LogP contribution < -0.4 is 10.1 Å². The average molecular weight is 308 g/mol. The summed E-state index contributed by atoms with van der Waals surface area (Å²) in [6.07, 6.45) is 9.71. The van der Waals surface area contributed by atoms with Gasteiger partial charge in [-0.15, -0.1) is 0 Å². The fourth-order valence-corrected chi connectivity index (χ4v) is 2.53. The first-order valence-electron chi connectivity index (χ1n) is 7.58. The lowest BCUT2D eigenvalue weighted by Crippen LogP contribution is -2.35. The van der Waals surface area contributed by atoms with E-state index in [-0.39, 0.29) is 18.1 Å². The number of nitrogens with zero attached hydrogens (tertiary/aromatic N) is 1. The van der Waals surface area contributed by atoms with Crippen LogP contribution in [-0.4, -0.2) is 37.5 Å². The summed E-state index contributed by atoms with van der Waals surface area (Å²) in [6.45, 7) is 1.33. The van der Waals surface area contributed by atoms with Gasteiger partial charge in [-0.2, -0.15) is 0 Å². The Hall–Kier alpha value is -2.66. The van der Waals surface area contributed by atoms with Crippen molar-refractivity contribution >= 4 is 12.1 Å². The highest BCUT2D eigenvalue weighted by Gasteiger charge is 2.23. The van der Waals surface area contributed by atoms with E-state index in [0.29, 0.717) is 12.2 Å². The maximum Gasteiger partial charge on any atom is 0.252 e. The zero-order valence-electron chi connectivity index (χ0n) is 12.4. The molecule has 4 rings (SSSR count). The van der Waals surface area contributed by atoms with Gasteiger partial charge in [-0.05, 0) is 36.4 Å². The highest BCUT2D eigenvalue weighted by Crippen LogP contribution is 2.24. The van der Waals surface area contributed by atoms with Gasteiger partial charge in [-0.3, -0.25) is 9.79 Å². The van der Waals surface area contributed by atoms with Crippen LogP contribution in [0.5, 0.6) is 5.75 Å². The first-order valence-corrected chi connectivity index (χ1v) is 7.58. The molecule has 0 spiro atoms. The quantitative estimate of drug-likeness (QED) is 0.847. The van der Waals surface area contributed by atoms with Crippen molar-refractivity contribution in [3.05, 3.63) is 65.4 Å². The molecule has 1 fully saturated rings. The van der Waals surface area contributed by atoms with Gasteiger partial charge in [0.2, 0.25) is 0 Å². The number of rotatable bonds is 5. The minimum Gasteiger partial charge on any atom is -0.491 e. The molecular formula is C18H16N2O3. The first kappa shape index (κ1) is 14.0.